The van der Waals surface area contributed by atoms with Gasteiger partial charge in [0.05, 0.1) is 30.8 Å². The number of imidazole rings is 3. The Balaban J connectivity index is 0.000000254. The smallest absolute Gasteiger partial charge is 0.410 e. The number of likely N-dealkylation sites (tertiary alicyclic amines) is 2. The summed E-state index contributed by atoms with van der Waals surface area (Å²) in [6.45, 7) is 19.9. The van der Waals surface area contributed by atoms with Crippen LogP contribution in [0.4, 0.5) is 26.7 Å². The first kappa shape index (κ1) is 84.2. The van der Waals surface area contributed by atoms with Crippen molar-refractivity contribution >= 4 is 81.8 Å². The standard InChI is InChI=1S/C35H47F2N7O6.C31H40F2N6O4.C7H4FN3O2.BrH/c1-8-49-23(3)29(40-30(45)22(2)41(7)34(48)50-35(4,5)6)32(47)44-16-9-10-27(44)20-42(17-15-24-11-13-25(36)14-12-24)31(46)28-21-43-19-26(37)18-38-33(43)39-28;1-5-20(3)28(40)36-27(21(4)43-6-2)30(42)39-14-7-8-25(39)18-37(15-13-22-9-11-23(32)12-10-22)29(41)26-19-38-17-24(33)16-34-31(38)35-26;8-4-1-9-7-10-5(6(12)13)3-11(7)2-4;/h11-14,18-19,21-23,27,29H,8-10,15-17,20H2,1-7H3,(H,40,45);9-12,16-17,19-21,25,27H,5-8,13-15,18H2,1-4H3,(H,36,40);1-3H,(H,12,13);1H/t22-,23+,27-,29-;20-,21-,25+,27+;;/m01../s1. The highest BCUT2D eigenvalue weighted by atomic mass is 79.9. The van der Waals surface area contributed by atoms with Crippen molar-refractivity contribution < 1.29 is 79.6 Å². The molecule has 34 heteroatoms. The highest BCUT2D eigenvalue weighted by Gasteiger charge is 2.42. The van der Waals surface area contributed by atoms with Gasteiger partial charge in [-0.05, 0) is 136 Å². The summed E-state index contributed by atoms with van der Waals surface area (Å²) in [5.74, 6) is -5.57. The molecular formula is C73H92BrF5N16O12. The second kappa shape index (κ2) is 38.4. The SMILES string of the molecule is Br.CCO[C@H](C)[C@H](NC(=O)[C@H](C)CC)C(=O)N1CCC[C@H]1CN(CCc1ccc(F)cc1)C(=O)c1cn2cc(F)cnc2n1.CCO[C@H](C)[C@H](NC(=O)[C@H](C)N(C)C(=O)OC(C)(C)C)C(=O)N1CCC[C@H]1CN(CCc1ccc(F)cc1)C(=O)c1cn2cc(F)cnc2n1.O=C(O)c1cn2cc(F)cnc2n1. The fourth-order valence-electron chi connectivity index (χ4n) is 12.0. The molecule has 8 heterocycles. The summed E-state index contributed by atoms with van der Waals surface area (Å²) in [5, 5.41) is 14.3. The molecule has 0 radical (unpaired) electrons. The van der Waals surface area contributed by atoms with Crippen LogP contribution in [0.2, 0.25) is 0 Å². The van der Waals surface area contributed by atoms with Crippen molar-refractivity contribution in [3.05, 3.63) is 162 Å². The van der Waals surface area contributed by atoms with E-state index in [9.17, 15) is 60.3 Å². The normalized spacial score (nSPS) is 15.9. The minimum absolute atomic E-state index is 0. The molecule has 3 N–H and O–H groups in total. The van der Waals surface area contributed by atoms with Crippen molar-refractivity contribution in [3.8, 4) is 0 Å². The van der Waals surface area contributed by atoms with Gasteiger partial charge in [-0.3, -0.25) is 46.9 Å². The van der Waals surface area contributed by atoms with E-state index < -0.39 is 89.2 Å². The van der Waals surface area contributed by atoms with Gasteiger partial charge < -0.3 is 49.6 Å². The number of carboxylic acid groups (broad SMARTS) is 1. The number of carbonyl (C=O) groups is 8. The molecule has 7 amide bonds. The van der Waals surface area contributed by atoms with Crippen LogP contribution in [0.25, 0.3) is 17.3 Å². The van der Waals surface area contributed by atoms with E-state index >= 15 is 0 Å². The van der Waals surface area contributed by atoms with Crippen LogP contribution in [-0.2, 0) is 46.2 Å². The van der Waals surface area contributed by atoms with E-state index in [1.54, 1.807) is 92.3 Å². The molecule has 10 rings (SSSR count). The zero-order chi connectivity index (χ0) is 77.3. The average Bonchev–Trinajstić information content (AvgIpc) is 1.70. The van der Waals surface area contributed by atoms with Gasteiger partial charge in [0, 0.05) is 115 Å². The lowest BCUT2D eigenvalue weighted by atomic mass is 10.1. The molecular weight excluding hydrogens is 1470 g/mol. The van der Waals surface area contributed by atoms with Gasteiger partial charge >= 0.3 is 12.1 Å². The Morgan fingerprint density at radius 1 is 0.561 bits per heavy atom. The molecule has 2 aliphatic rings. The number of benzene rings is 2. The predicted molar refractivity (Wildman–Crippen MR) is 387 cm³/mol. The van der Waals surface area contributed by atoms with E-state index in [1.165, 1.54) is 80.4 Å². The number of ether oxygens (including phenoxy) is 3. The van der Waals surface area contributed by atoms with Gasteiger partial charge in [0.2, 0.25) is 41.0 Å². The molecule has 28 nitrogen and oxygen atoms in total. The summed E-state index contributed by atoms with van der Waals surface area (Å²) in [6.07, 6.45) is 12.7. The zero-order valence-electron chi connectivity index (χ0n) is 61.5. The number of aromatic nitrogens is 9. The number of halogens is 6. The van der Waals surface area contributed by atoms with E-state index in [2.05, 4.69) is 40.5 Å². The highest BCUT2D eigenvalue weighted by molar-refractivity contribution is 8.93. The summed E-state index contributed by atoms with van der Waals surface area (Å²) in [5.41, 5.74) is 0.880. The molecule has 0 bridgehead atoms. The molecule has 107 heavy (non-hydrogen) atoms. The lowest BCUT2D eigenvalue weighted by Crippen LogP contribution is -2.59. The number of nitrogens with zero attached hydrogens (tertiary/aromatic N) is 14. The molecule has 8 aromatic rings. The zero-order valence-corrected chi connectivity index (χ0v) is 63.3. The van der Waals surface area contributed by atoms with Crippen molar-refractivity contribution in [1.82, 2.24) is 78.2 Å². The van der Waals surface area contributed by atoms with Crippen LogP contribution in [0.15, 0.2) is 104 Å². The van der Waals surface area contributed by atoms with Crippen LogP contribution >= 0.6 is 17.0 Å². The minimum Gasteiger partial charge on any atom is -0.476 e. The number of carboxylic acids is 1. The van der Waals surface area contributed by atoms with E-state index in [1.807, 2.05) is 20.8 Å². The number of rotatable bonds is 27. The first-order valence-corrected chi connectivity index (χ1v) is 35.1. The Labute approximate surface area is 626 Å². The Morgan fingerprint density at radius 3 is 1.30 bits per heavy atom. The number of nitrogens with one attached hydrogen (secondary N) is 2. The quantitative estimate of drug-likeness (QED) is 0.0405. The molecule has 0 saturated carbocycles. The third-order valence-electron chi connectivity index (χ3n) is 18.0. The van der Waals surface area contributed by atoms with Gasteiger partial charge in [-0.15, -0.1) is 17.0 Å². The number of amides is 7. The van der Waals surface area contributed by atoms with E-state index in [0.717, 1.165) is 42.3 Å². The Bertz CT molecular complexity index is 4370. The van der Waals surface area contributed by atoms with Gasteiger partial charge in [-0.2, -0.15) is 0 Å². The number of fused-ring (bicyclic) bond motifs is 3. The lowest BCUT2D eigenvalue weighted by Gasteiger charge is -2.35. The van der Waals surface area contributed by atoms with Crippen LogP contribution < -0.4 is 10.6 Å². The molecule has 2 aromatic carbocycles. The molecule has 2 saturated heterocycles. The maximum atomic E-state index is 14.2. The number of likely N-dealkylation sites (N-methyl/N-ethyl adjacent to an activating group) is 1. The minimum atomic E-state index is -1.16. The second-order valence-corrected chi connectivity index (χ2v) is 26.9. The molecule has 0 spiro atoms. The highest BCUT2D eigenvalue weighted by Crippen LogP contribution is 2.26. The van der Waals surface area contributed by atoms with E-state index in [-0.39, 0.29) is 119 Å². The Morgan fingerprint density at radius 2 is 0.935 bits per heavy atom. The van der Waals surface area contributed by atoms with Gasteiger partial charge in [0.25, 0.3) is 11.8 Å². The molecule has 0 aliphatic carbocycles. The van der Waals surface area contributed by atoms with Gasteiger partial charge in [-0.25, -0.2) is 61.4 Å². The third-order valence-corrected chi connectivity index (χ3v) is 18.0. The fourth-order valence-corrected chi connectivity index (χ4v) is 12.0. The van der Waals surface area contributed by atoms with Crippen molar-refractivity contribution in [1.29, 1.82) is 0 Å². The van der Waals surface area contributed by atoms with Gasteiger partial charge in [0.1, 0.15) is 46.7 Å². The van der Waals surface area contributed by atoms with Crippen LogP contribution in [0.1, 0.15) is 144 Å². The molecule has 6 aromatic heterocycles. The van der Waals surface area contributed by atoms with Gasteiger partial charge in [-0.1, -0.05) is 38.1 Å². The first-order chi connectivity index (χ1) is 50.3. The number of aromatic carboxylic acids is 1. The first-order valence-electron chi connectivity index (χ1n) is 35.1. The maximum absolute atomic E-state index is 14.2. The summed E-state index contributed by atoms with van der Waals surface area (Å²) >= 11 is 0. The molecule has 2 aliphatic heterocycles. The van der Waals surface area contributed by atoms with Crippen LogP contribution in [0, 0.1) is 35.0 Å². The average molecular weight is 1560 g/mol. The van der Waals surface area contributed by atoms with Crippen molar-refractivity contribution in [3.63, 3.8) is 0 Å². The summed E-state index contributed by atoms with van der Waals surface area (Å²) in [6, 6.07) is 8.42. The summed E-state index contributed by atoms with van der Waals surface area (Å²) < 4.78 is 88.1. The topological polar surface area (TPSA) is 315 Å². The predicted octanol–water partition coefficient (Wildman–Crippen LogP) is 8.63. The Kier molecular flexibility index (Phi) is 30.2. The van der Waals surface area contributed by atoms with Crippen molar-refractivity contribution in [2.24, 2.45) is 5.92 Å². The fraction of sp³-hybridized carbons (Fsp3) is 0.479. The molecule has 2 fully saturated rings. The van der Waals surface area contributed by atoms with E-state index in [4.69, 9.17) is 19.3 Å². The van der Waals surface area contributed by atoms with E-state index in [0.29, 0.717) is 64.8 Å². The monoisotopic (exact) mass is 1560 g/mol. The van der Waals surface area contributed by atoms with Gasteiger partial charge in [0.15, 0.2) is 23.1 Å². The lowest BCUT2D eigenvalue weighted by molar-refractivity contribution is -0.142. The number of hydrogen-bond acceptors (Lipinski definition) is 17. The summed E-state index contributed by atoms with van der Waals surface area (Å²) in [4.78, 5) is 137. The second-order valence-electron chi connectivity index (χ2n) is 26.9. The summed E-state index contributed by atoms with van der Waals surface area (Å²) in [7, 11) is 1.45. The van der Waals surface area contributed by atoms with Crippen LogP contribution in [0.5, 0.6) is 0 Å². The maximum Gasteiger partial charge on any atom is 0.410 e. The van der Waals surface area contributed by atoms with Crippen molar-refractivity contribution in [2.75, 3.05) is 59.5 Å². The van der Waals surface area contributed by atoms with Crippen molar-refractivity contribution in [2.45, 2.75) is 162 Å². The number of hydrogen-bond donors (Lipinski definition) is 3. The number of carbonyl (C=O) groups excluding carboxylic acids is 7. The molecule has 0 unspecified atom stereocenters. The third kappa shape index (κ3) is 23.0. The largest absolute Gasteiger partial charge is 0.476 e. The van der Waals surface area contributed by atoms with Crippen LogP contribution in [-0.4, -0.2) is 228 Å². The molecule has 8 atom stereocenters. The van der Waals surface area contributed by atoms with Crippen LogP contribution in [0.3, 0.4) is 0 Å². The molecule has 578 valence electrons. The Hall–Kier alpha value is -10.1.